The fourth-order valence-corrected chi connectivity index (χ4v) is 9.88. The molecule has 1 heterocycles. The minimum atomic E-state index is -4.41. The van der Waals surface area contributed by atoms with Crippen LogP contribution >= 0.6 is 11.6 Å². The summed E-state index contributed by atoms with van der Waals surface area (Å²) in [5.74, 6) is -0.675. The van der Waals surface area contributed by atoms with Crippen LogP contribution in [-0.2, 0) is 45.4 Å². The van der Waals surface area contributed by atoms with Gasteiger partial charge in [0.1, 0.15) is 5.75 Å². The van der Waals surface area contributed by atoms with E-state index in [0.29, 0.717) is 18.1 Å². The number of rotatable bonds is 18. The van der Waals surface area contributed by atoms with E-state index >= 15 is 0 Å². The zero-order valence-electron chi connectivity index (χ0n) is 36.5. The molecule has 0 aliphatic carbocycles. The summed E-state index contributed by atoms with van der Waals surface area (Å²) in [5.41, 5.74) is 6.51. The highest BCUT2D eigenvalue weighted by molar-refractivity contribution is 6.74. The van der Waals surface area contributed by atoms with E-state index in [1.165, 1.54) is 16.7 Å². The van der Waals surface area contributed by atoms with Crippen molar-refractivity contribution < 1.29 is 31.8 Å². The Kier molecular flexibility index (Phi) is 15.7. The van der Waals surface area contributed by atoms with Crippen molar-refractivity contribution in [2.45, 2.75) is 102 Å². The second kappa shape index (κ2) is 20.5. The maximum atomic E-state index is 12.8. The SMILES string of the molecule is CO[C@@]1(c2ccc(Cl)c(Cc3ccc(OCC(F)(F)F)cc3)c2)O[C@H](CO[Si](C)(C)C(C)(C)C)[C@@H](CCc2ccccc2)[C@H](CCc2ccccc2)[C@H]1CCc1ccccc1. The molecule has 6 rings (SSSR count). The molecule has 5 aromatic rings. The molecule has 0 saturated carbocycles. The second-order valence-corrected chi connectivity index (χ2v) is 23.4. The van der Waals surface area contributed by atoms with Crippen molar-refractivity contribution >= 4 is 19.9 Å². The number of hydrogen-bond donors (Lipinski definition) is 0. The molecular formula is C52H62ClF3O4Si. The van der Waals surface area contributed by atoms with Gasteiger partial charge in [0.25, 0.3) is 0 Å². The molecule has 9 heteroatoms. The van der Waals surface area contributed by atoms with E-state index in [1.807, 2.05) is 12.1 Å². The van der Waals surface area contributed by atoms with Crippen LogP contribution in [0.2, 0.25) is 23.2 Å². The van der Waals surface area contributed by atoms with E-state index in [0.717, 1.165) is 55.2 Å². The summed E-state index contributed by atoms with van der Waals surface area (Å²) in [6, 6.07) is 44.9. The maximum Gasteiger partial charge on any atom is 0.422 e. The third kappa shape index (κ3) is 12.4. The van der Waals surface area contributed by atoms with E-state index in [4.69, 9.17) is 30.2 Å². The Morgan fingerprint density at radius 2 is 1.20 bits per heavy atom. The van der Waals surface area contributed by atoms with E-state index < -0.39 is 26.9 Å². The number of methoxy groups -OCH3 is 1. The third-order valence-electron chi connectivity index (χ3n) is 13.1. The smallest absolute Gasteiger partial charge is 0.422 e. The highest BCUT2D eigenvalue weighted by atomic mass is 35.5. The molecule has 1 aliphatic rings. The largest absolute Gasteiger partial charge is 0.484 e. The topological polar surface area (TPSA) is 36.9 Å². The van der Waals surface area contributed by atoms with Crippen molar-refractivity contribution in [3.63, 3.8) is 0 Å². The van der Waals surface area contributed by atoms with Gasteiger partial charge in [-0.15, -0.1) is 0 Å². The molecule has 61 heavy (non-hydrogen) atoms. The number of hydrogen-bond acceptors (Lipinski definition) is 4. The summed E-state index contributed by atoms with van der Waals surface area (Å²) in [7, 11) is -0.420. The Morgan fingerprint density at radius 3 is 1.70 bits per heavy atom. The Morgan fingerprint density at radius 1 is 0.672 bits per heavy atom. The summed E-state index contributed by atoms with van der Waals surface area (Å²) in [6.07, 6.45) is 1.16. The van der Waals surface area contributed by atoms with Gasteiger partial charge in [-0.2, -0.15) is 13.2 Å². The second-order valence-electron chi connectivity index (χ2n) is 18.1. The Labute approximate surface area is 367 Å². The van der Waals surface area contributed by atoms with Crippen LogP contribution in [0.1, 0.15) is 73.4 Å². The van der Waals surface area contributed by atoms with Crippen LogP contribution in [0.5, 0.6) is 5.75 Å². The van der Waals surface area contributed by atoms with Crippen molar-refractivity contribution in [3.8, 4) is 5.75 Å². The first-order valence-corrected chi connectivity index (χ1v) is 24.9. The monoisotopic (exact) mass is 870 g/mol. The first-order valence-electron chi connectivity index (χ1n) is 21.6. The number of alkyl halides is 3. The lowest BCUT2D eigenvalue weighted by Gasteiger charge is -2.54. The first-order chi connectivity index (χ1) is 29.1. The molecule has 1 saturated heterocycles. The normalized spacial score (nSPS) is 21.0. The van der Waals surface area contributed by atoms with Crippen LogP contribution in [0.3, 0.4) is 0 Å². The van der Waals surface area contributed by atoms with E-state index in [-0.39, 0.29) is 34.6 Å². The molecule has 326 valence electrons. The molecule has 0 aromatic heterocycles. The van der Waals surface area contributed by atoms with E-state index in [9.17, 15) is 13.2 Å². The lowest BCUT2D eigenvalue weighted by molar-refractivity contribution is -0.340. The third-order valence-corrected chi connectivity index (χ3v) is 17.9. The van der Waals surface area contributed by atoms with Crippen molar-refractivity contribution in [1.82, 2.24) is 0 Å². The van der Waals surface area contributed by atoms with E-state index in [1.54, 1.807) is 31.4 Å². The van der Waals surface area contributed by atoms with Gasteiger partial charge in [-0.05, 0) is 127 Å². The van der Waals surface area contributed by atoms with Gasteiger partial charge in [0.15, 0.2) is 20.7 Å². The first kappa shape index (κ1) is 46.6. The summed E-state index contributed by atoms with van der Waals surface area (Å²) in [6.45, 7) is 10.5. The standard InChI is InChI=1S/C52H62ClF3O4Si/c1-50(2,3)61(5,6)59-36-49-46(31-25-39-18-12-8-13-19-39)45(30-24-38-16-10-7-11-17-38)47(32-26-40-20-14-9-15-21-40)52(57-4,60-49)43-27-33-48(53)42(35-43)34-41-22-28-44(29-23-41)58-37-51(54,55)56/h7-23,27-29,33,35,45-47,49H,24-26,30-32,34,36-37H2,1-6H3/t45-,46-,47+,49+,52-/m0/s1. The van der Waals surface area contributed by atoms with Crippen LogP contribution in [0.25, 0.3) is 0 Å². The molecule has 0 bridgehead atoms. The summed E-state index contributed by atoms with van der Waals surface area (Å²) < 4.78 is 65.1. The highest BCUT2D eigenvalue weighted by Crippen LogP contribution is 2.53. The van der Waals surface area contributed by atoms with Crippen molar-refractivity contribution in [2.24, 2.45) is 17.8 Å². The highest BCUT2D eigenvalue weighted by Gasteiger charge is 2.55. The molecule has 0 N–H and O–H groups in total. The van der Waals surface area contributed by atoms with Crippen LogP contribution in [0.4, 0.5) is 13.2 Å². The Balaban J connectivity index is 1.44. The number of halogens is 4. The van der Waals surface area contributed by atoms with Gasteiger partial charge in [0.05, 0.1) is 12.7 Å². The number of ether oxygens (including phenoxy) is 3. The van der Waals surface area contributed by atoms with Gasteiger partial charge in [-0.25, -0.2) is 0 Å². The molecule has 1 fully saturated rings. The summed E-state index contributed by atoms with van der Waals surface area (Å²) in [4.78, 5) is 0. The molecule has 5 atom stereocenters. The summed E-state index contributed by atoms with van der Waals surface area (Å²) in [5, 5.41) is 0.598. The van der Waals surface area contributed by atoms with Crippen LogP contribution < -0.4 is 4.74 Å². The number of benzene rings is 5. The maximum absolute atomic E-state index is 12.8. The molecule has 0 unspecified atom stereocenters. The van der Waals surface area contributed by atoms with Gasteiger partial charge in [-0.1, -0.05) is 142 Å². The molecule has 0 radical (unpaired) electrons. The quantitative estimate of drug-likeness (QED) is 0.0822. The van der Waals surface area contributed by atoms with Gasteiger partial charge in [-0.3, -0.25) is 0 Å². The predicted octanol–water partition coefficient (Wildman–Crippen LogP) is 13.8. The van der Waals surface area contributed by atoms with Crippen LogP contribution in [0.15, 0.2) is 133 Å². The zero-order valence-corrected chi connectivity index (χ0v) is 38.3. The van der Waals surface area contributed by atoms with Crippen LogP contribution in [0, 0.1) is 17.8 Å². The summed E-state index contributed by atoms with van der Waals surface area (Å²) >= 11 is 6.98. The zero-order chi connectivity index (χ0) is 43.7. The van der Waals surface area contributed by atoms with Crippen molar-refractivity contribution in [3.05, 3.63) is 172 Å². The molecule has 1 aliphatic heterocycles. The Bertz CT molecular complexity index is 2090. The Hall–Kier alpha value is -3.92. The van der Waals surface area contributed by atoms with E-state index in [2.05, 4.69) is 131 Å². The van der Waals surface area contributed by atoms with Crippen molar-refractivity contribution in [1.29, 1.82) is 0 Å². The molecule has 0 amide bonds. The fraction of sp³-hybridized carbons (Fsp3) is 0.423. The number of aryl methyl sites for hydroxylation is 3. The lowest BCUT2D eigenvalue weighted by atomic mass is 9.65. The average Bonchev–Trinajstić information content (AvgIpc) is 3.24. The van der Waals surface area contributed by atoms with Gasteiger partial charge >= 0.3 is 6.18 Å². The van der Waals surface area contributed by atoms with Gasteiger partial charge < -0.3 is 18.6 Å². The van der Waals surface area contributed by atoms with Gasteiger partial charge in [0.2, 0.25) is 0 Å². The molecular weight excluding hydrogens is 809 g/mol. The fourth-order valence-electron chi connectivity index (χ4n) is 8.68. The minimum absolute atomic E-state index is 0.0121. The van der Waals surface area contributed by atoms with Gasteiger partial charge in [0, 0.05) is 23.6 Å². The van der Waals surface area contributed by atoms with Crippen molar-refractivity contribution in [2.75, 3.05) is 20.3 Å². The molecule has 5 aromatic carbocycles. The van der Waals surface area contributed by atoms with Crippen LogP contribution in [-0.4, -0.2) is 40.9 Å². The molecule has 0 spiro atoms. The molecule has 4 nitrogen and oxygen atoms in total. The minimum Gasteiger partial charge on any atom is -0.484 e. The average molecular weight is 872 g/mol. The predicted molar refractivity (Wildman–Crippen MR) is 244 cm³/mol. The lowest BCUT2D eigenvalue weighted by Crippen LogP contribution is -2.57.